The molecule has 6 heteroatoms. The minimum Gasteiger partial charge on any atom is -0.495 e. The number of hydrogen-bond donors (Lipinski definition) is 0. The van der Waals surface area contributed by atoms with Crippen molar-refractivity contribution < 1.29 is 13.9 Å². The lowest BCUT2D eigenvalue weighted by Crippen LogP contribution is -2.49. The number of amides is 1. The van der Waals surface area contributed by atoms with Gasteiger partial charge in [-0.25, -0.2) is 4.39 Å². The fraction of sp³-hybridized carbons (Fsp3) is 0.278. The van der Waals surface area contributed by atoms with E-state index in [4.69, 9.17) is 4.74 Å². The second kappa shape index (κ2) is 7.21. The van der Waals surface area contributed by atoms with Crippen LogP contribution in [-0.4, -0.2) is 44.1 Å². The molecule has 4 nitrogen and oxygen atoms in total. The van der Waals surface area contributed by atoms with Gasteiger partial charge in [0.15, 0.2) is 0 Å². The van der Waals surface area contributed by atoms with Crippen LogP contribution < -0.4 is 9.64 Å². The van der Waals surface area contributed by atoms with Crippen molar-refractivity contribution in [3.8, 4) is 5.75 Å². The summed E-state index contributed by atoms with van der Waals surface area (Å²) in [7, 11) is 1.66. The third-order valence-corrected chi connectivity index (χ3v) is 4.81. The Morgan fingerprint density at radius 1 is 1.12 bits per heavy atom. The van der Waals surface area contributed by atoms with Gasteiger partial charge in [-0.2, -0.15) is 0 Å². The second-order valence-corrected chi connectivity index (χ2v) is 6.43. The molecule has 2 aromatic rings. The van der Waals surface area contributed by atoms with Crippen LogP contribution in [0.3, 0.4) is 0 Å². The van der Waals surface area contributed by atoms with Crippen molar-refractivity contribution >= 4 is 27.5 Å². The van der Waals surface area contributed by atoms with E-state index in [-0.39, 0.29) is 11.7 Å². The third kappa shape index (κ3) is 3.38. The monoisotopic (exact) mass is 392 g/mol. The lowest BCUT2D eigenvalue weighted by atomic mass is 10.1. The van der Waals surface area contributed by atoms with Gasteiger partial charge >= 0.3 is 0 Å². The molecule has 1 aliphatic heterocycles. The Morgan fingerprint density at radius 3 is 2.50 bits per heavy atom. The number of halogens is 2. The Bertz CT molecular complexity index is 746. The summed E-state index contributed by atoms with van der Waals surface area (Å²) in [6, 6.07) is 12.0. The van der Waals surface area contributed by atoms with Crippen LogP contribution in [0.2, 0.25) is 0 Å². The van der Waals surface area contributed by atoms with E-state index in [9.17, 15) is 9.18 Å². The molecule has 1 saturated heterocycles. The zero-order valence-electron chi connectivity index (χ0n) is 13.3. The van der Waals surface area contributed by atoms with Gasteiger partial charge in [0.25, 0.3) is 5.91 Å². The molecule has 0 radical (unpaired) electrons. The largest absolute Gasteiger partial charge is 0.495 e. The lowest BCUT2D eigenvalue weighted by Gasteiger charge is -2.36. The number of carbonyl (C=O) groups excluding carboxylic acids is 1. The number of methoxy groups -OCH3 is 1. The Hall–Kier alpha value is -2.08. The first kappa shape index (κ1) is 16.8. The number of ether oxygens (including phenoxy) is 1. The van der Waals surface area contributed by atoms with Gasteiger partial charge in [0.1, 0.15) is 11.6 Å². The van der Waals surface area contributed by atoms with Crippen LogP contribution >= 0.6 is 15.9 Å². The molecule has 0 atom stereocenters. The molecule has 1 heterocycles. The molecule has 1 fully saturated rings. The first-order valence-electron chi connectivity index (χ1n) is 7.72. The number of nitrogens with zero attached hydrogens (tertiary/aromatic N) is 2. The minimum atomic E-state index is -0.362. The predicted octanol–water partition coefficient (Wildman–Crippen LogP) is 3.56. The molecular weight excluding hydrogens is 375 g/mol. The summed E-state index contributed by atoms with van der Waals surface area (Å²) in [6.45, 7) is 2.68. The lowest BCUT2D eigenvalue weighted by molar-refractivity contribution is 0.0745. The first-order chi connectivity index (χ1) is 11.6. The molecule has 1 aliphatic rings. The first-order valence-corrected chi connectivity index (χ1v) is 8.51. The van der Waals surface area contributed by atoms with Crippen molar-refractivity contribution in [3.63, 3.8) is 0 Å². The van der Waals surface area contributed by atoms with Crippen molar-refractivity contribution in [3.05, 3.63) is 58.3 Å². The molecule has 3 rings (SSSR count). The van der Waals surface area contributed by atoms with Crippen LogP contribution in [0.15, 0.2) is 46.9 Å². The van der Waals surface area contributed by atoms with E-state index < -0.39 is 0 Å². The Morgan fingerprint density at radius 2 is 1.83 bits per heavy atom. The highest BCUT2D eigenvalue weighted by atomic mass is 79.9. The zero-order chi connectivity index (χ0) is 17.1. The van der Waals surface area contributed by atoms with E-state index in [1.165, 1.54) is 18.2 Å². The topological polar surface area (TPSA) is 32.8 Å². The summed E-state index contributed by atoms with van der Waals surface area (Å²) >= 11 is 3.27. The number of carbonyl (C=O) groups is 1. The van der Waals surface area contributed by atoms with Crippen molar-refractivity contribution in [1.29, 1.82) is 0 Å². The van der Waals surface area contributed by atoms with Gasteiger partial charge in [-0.05, 0) is 46.3 Å². The van der Waals surface area contributed by atoms with Gasteiger partial charge in [-0.15, -0.1) is 0 Å². The molecule has 1 amide bonds. The zero-order valence-corrected chi connectivity index (χ0v) is 14.9. The maximum absolute atomic E-state index is 13.2. The molecule has 0 saturated carbocycles. The number of hydrogen-bond acceptors (Lipinski definition) is 3. The summed E-state index contributed by atoms with van der Waals surface area (Å²) in [4.78, 5) is 16.6. The van der Waals surface area contributed by atoms with E-state index in [0.29, 0.717) is 23.1 Å². The van der Waals surface area contributed by atoms with E-state index in [2.05, 4.69) is 20.8 Å². The molecular formula is C18H18BrFN2O2. The van der Waals surface area contributed by atoms with Gasteiger partial charge in [-0.3, -0.25) is 4.79 Å². The second-order valence-electron chi connectivity index (χ2n) is 5.58. The van der Waals surface area contributed by atoms with Gasteiger partial charge in [0, 0.05) is 30.7 Å². The molecule has 0 aliphatic carbocycles. The van der Waals surface area contributed by atoms with E-state index >= 15 is 0 Å². The number of para-hydroxylation sites is 2. The summed E-state index contributed by atoms with van der Waals surface area (Å²) < 4.78 is 19.1. The van der Waals surface area contributed by atoms with Crippen LogP contribution in [-0.2, 0) is 0 Å². The fourth-order valence-corrected chi connectivity index (χ4v) is 3.40. The van der Waals surface area contributed by atoms with Crippen LogP contribution in [0, 0.1) is 5.82 Å². The molecule has 126 valence electrons. The molecule has 0 N–H and O–H groups in total. The smallest absolute Gasteiger partial charge is 0.255 e. The highest BCUT2D eigenvalue weighted by Crippen LogP contribution is 2.29. The highest BCUT2D eigenvalue weighted by Gasteiger charge is 2.24. The van der Waals surface area contributed by atoms with E-state index in [1.807, 2.05) is 24.3 Å². The van der Waals surface area contributed by atoms with Crippen LogP contribution in [0.5, 0.6) is 5.75 Å². The fourth-order valence-electron chi connectivity index (χ4n) is 2.87. The number of rotatable bonds is 3. The Labute approximate surface area is 149 Å². The molecule has 0 aromatic heterocycles. The summed E-state index contributed by atoms with van der Waals surface area (Å²) in [5.41, 5.74) is 1.53. The molecule has 0 unspecified atom stereocenters. The number of piperazine rings is 1. The summed E-state index contributed by atoms with van der Waals surface area (Å²) in [5.74, 6) is 0.388. The van der Waals surface area contributed by atoms with Crippen LogP contribution in [0.1, 0.15) is 10.4 Å². The summed E-state index contributed by atoms with van der Waals surface area (Å²) in [6.07, 6.45) is 0. The third-order valence-electron chi connectivity index (χ3n) is 4.15. The van der Waals surface area contributed by atoms with Gasteiger partial charge in [0.2, 0.25) is 0 Å². The van der Waals surface area contributed by atoms with Gasteiger partial charge < -0.3 is 14.5 Å². The molecule has 24 heavy (non-hydrogen) atoms. The normalized spacial score (nSPS) is 14.6. The maximum atomic E-state index is 13.2. The summed E-state index contributed by atoms with van der Waals surface area (Å²) in [5, 5.41) is 0. The van der Waals surface area contributed by atoms with E-state index in [0.717, 1.165) is 24.5 Å². The average Bonchev–Trinajstić information content (AvgIpc) is 2.61. The Balaban J connectivity index is 1.69. The van der Waals surface area contributed by atoms with Crippen molar-refractivity contribution in [1.82, 2.24) is 4.90 Å². The minimum absolute atomic E-state index is 0.0819. The van der Waals surface area contributed by atoms with Crippen LogP contribution in [0.25, 0.3) is 0 Å². The maximum Gasteiger partial charge on any atom is 0.255 e. The van der Waals surface area contributed by atoms with E-state index in [1.54, 1.807) is 12.0 Å². The van der Waals surface area contributed by atoms with Gasteiger partial charge in [-0.1, -0.05) is 12.1 Å². The van der Waals surface area contributed by atoms with Crippen molar-refractivity contribution in [2.75, 3.05) is 38.2 Å². The quantitative estimate of drug-likeness (QED) is 0.800. The van der Waals surface area contributed by atoms with Crippen molar-refractivity contribution in [2.45, 2.75) is 0 Å². The molecule has 0 spiro atoms. The molecule has 0 bridgehead atoms. The van der Waals surface area contributed by atoms with Crippen molar-refractivity contribution in [2.24, 2.45) is 0 Å². The number of anilines is 1. The van der Waals surface area contributed by atoms with Crippen LogP contribution in [0.4, 0.5) is 10.1 Å². The standard InChI is InChI=1S/C18H18BrFN2O2/c1-24-17-5-3-2-4-16(17)21-8-10-22(11-9-21)18(23)14-7-6-13(20)12-15(14)19/h2-7,12H,8-11H2,1H3. The number of benzene rings is 2. The predicted molar refractivity (Wildman–Crippen MR) is 95.2 cm³/mol. The highest BCUT2D eigenvalue weighted by molar-refractivity contribution is 9.10. The van der Waals surface area contributed by atoms with Gasteiger partial charge in [0.05, 0.1) is 18.4 Å². The SMILES string of the molecule is COc1ccccc1N1CCN(C(=O)c2ccc(F)cc2Br)CC1. The Kier molecular flexibility index (Phi) is 5.04. The average molecular weight is 393 g/mol. The molecule has 2 aromatic carbocycles.